The SMILES string of the molecule is CC1CCN(S(=O)(=O)c2cccc(-c3nn(-c4ccccc4)cc3C=C(C#N)C(=O)NCCCn3ccnc3)c2)CC1. The van der Waals surface area contributed by atoms with Crippen molar-refractivity contribution < 1.29 is 13.2 Å². The Morgan fingerprint density at radius 2 is 1.93 bits per heavy atom. The van der Waals surface area contributed by atoms with E-state index in [4.69, 9.17) is 5.10 Å². The Balaban J connectivity index is 1.45. The molecule has 0 unspecified atom stereocenters. The molecule has 4 aromatic rings. The van der Waals surface area contributed by atoms with E-state index >= 15 is 0 Å². The summed E-state index contributed by atoms with van der Waals surface area (Å²) in [6.45, 7) is 4.21. The Hall–Kier alpha value is -4.53. The maximum atomic E-state index is 13.5. The second kappa shape index (κ2) is 13.0. The molecule has 1 amide bonds. The van der Waals surface area contributed by atoms with Crippen LogP contribution in [0.4, 0.5) is 0 Å². The summed E-state index contributed by atoms with van der Waals surface area (Å²) in [5.74, 6) is 0.0134. The molecule has 1 aliphatic heterocycles. The number of piperidine rings is 1. The number of carbonyl (C=O) groups is 1. The number of carbonyl (C=O) groups excluding carboxylic acids is 1. The first-order chi connectivity index (χ1) is 20.3. The molecule has 42 heavy (non-hydrogen) atoms. The molecular weight excluding hydrogens is 550 g/mol. The van der Waals surface area contributed by atoms with Crippen molar-refractivity contribution in [3.05, 3.63) is 90.7 Å². The third-order valence-corrected chi connectivity index (χ3v) is 9.25. The van der Waals surface area contributed by atoms with Crippen LogP contribution in [0.3, 0.4) is 0 Å². The molecule has 1 aliphatic rings. The van der Waals surface area contributed by atoms with Crippen LogP contribution in [0.1, 0.15) is 31.7 Å². The largest absolute Gasteiger partial charge is 0.351 e. The minimum absolute atomic E-state index is 0.0716. The molecule has 0 radical (unpaired) electrons. The first-order valence-electron chi connectivity index (χ1n) is 14.0. The van der Waals surface area contributed by atoms with Gasteiger partial charge < -0.3 is 9.88 Å². The normalized spacial score (nSPS) is 14.9. The Kier molecular flexibility index (Phi) is 8.95. The van der Waals surface area contributed by atoms with Crippen LogP contribution in [0.2, 0.25) is 0 Å². The van der Waals surface area contributed by atoms with Gasteiger partial charge in [-0.2, -0.15) is 14.7 Å². The van der Waals surface area contributed by atoms with Gasteiger partial charge in [-0.25, -0.2) is 18.1 Å². The third-order valence-electron chi connectivity index (χ3n) is 7.35. The van der Waals surface area contributed by atoms with Gasteiger partial charge in [0.05, 0.1) is 16.9 Å². The molecule has 2 aromatic carbocycles. The van der Waals surface area contributed by atoms with E-state index < -0.39 is 15.9 Å². The van der Waals surface area contributed by atoms with Gasteiger partial charge in [0, 0.05) is 55.9 Å². The summed E-state index contributed by atoms with van der Waals surface area (Å²) < 4.78 is 32.1. The molecule has 11 heteroatoms. The number of nitrogens with zero attached hydrogens (tertiary/aromatic N) is 6. The van der Waals surface area contributed by atoms with Crippen molar-refractivity contribution in [2.75, 3.05) is 19.6 Å². The molecule has 5 rings (SSSR count). The summed E-state index contributed by atoms with van der Waals surface area (Å²) in [5.41, 5.74) is 2.26. The predicted octanol–water partition coefficient (Wildman–Crippen LogP) is 4.27. The molecule has 0 bridgehead atoms. The highest BCUT2D eigenvalue weighted by Gasteiger charge is 2.28. The molecule has 0 saturated carbocycles. The van der Waals surface area contributed by atoms with Crippen LogP contribution in [-0.4, -0.2) is 57.6 Å². The number of hydrogen-bond acceptors (Lipinski definition) is 6. The van der Waals surface area contributed by atoms with Gasteiger partial charge in [-0.05, 0) is 55.5 Å². The number of nitrogens with one attached hydrogen (secondary N) is 1. The number of amides is 1. The zero-order valence-corrected chi connectivity index (χ0v) is 24.2. The van der Waals surface area contributed by atoms with Gasteiger partial charge in [0.25, 0.3) is 5.91 Å². The lowest BCUT2D eigenvalue weighted by Gasteiger charge is -2.29. The Morgan fingerprint density at radius 3 is 2.64 bits per heavy atom. The van der Waals surface area contributed by atoms with Crippen molar-refractivity contribution in [3.8, 4) is 23.0 Å². The molecule has 1 saturated heterocycles. The minimum atomic E-state index is -3.68. The van der Waals surface area contributed by atoms with E-state index in [0.717, 1.165) is 18.5 Å². The van der Waals surface area contributed by atoms with Crippen molar-refractivity contribution in [3.63, 3.8) is 0 Å². The van der Waals surface area contributed by atoms with Gasteiger partial charge in [0.2, 0.25) is 10.0 Å². The van der Waals surface area contributed by atoms with Crippen LogP contribution in [0, 0.1) is 17.2 Å². The second-order valence-corrected chi connectivity index (χ2v) is 12.3. The first kappa shape index (κ1) is 29.0. The molecule has 1 N–H and O–H groups in total. The summed E-state index contributed by atoms with van der Waals surface area (Å²) in [4.78, 5) is 17.1. The van der Waals surface area contributed by atoms with Gasteiger partial charge in [-0.15, -0.1) is 0 Å². The van der Waals surface area contributed by atoms with E-state index in [0.29, 0.717) is 55.3 Å². The molecule has 3 heterocycles. The lowest BCUT2D eigenvalue weighted by atomic mass is 10.0. The number of aromatic nitrogens is 4. The Morgan fingerprint density at radius 1 is 1.14 bits per heavy atom. The summed E-state index contributed by atoms with van der Waals surface area (Å²) >= 11 is 0. The standard InChI is InChI=1S/C31H33N7O3S/c1-24-11-16-37(17-12-24)42(40,41)29-10-5-7-25(20-29)30-27(22-38(35-30)28-8-3-2-4-9-28)19-26(21-32)31(39)34-13-6-15-36-18-14-33-23-36/h2-5,7-10,14,18-20,22-24H,6,11-13,15-17H2,1H3,(H,34,39). The van der Waals surface area contributed by atoms with Crippen molar-refractivity contribution in [2.45, 2.75) is 37.6 Å². The quantitative estimate of drug-likeness (QED) is 0.169. The van der Waals surface area contributed by atoms with E-state index in [1.807, 2.05) is 47.2 Å². The molecule has 0 atom stereocenters. The smallest absolute Gasteiger partial charge is 0.261 e. The highest BCUT2D eigenvalue weighted by Crippen LogP contribution is 2.30. The van der Waals surface area contributed by atoms with E-state index in [2.05, 4.69) is 17.2 Å². The maximum Gasteiger partial charge on any atom is 0.261 e. The predicted molar refractivity (Wildman–Crippen MR) is 160 cm³/mol. The van der Waals surface area contributed by atoms with E-state index in [1.165, 1.54) is 6.08 Å². The highest BCUT2D eigenvalue weighted by atomic mass is 32.2. The van der Waals surface area contributed by atoms with Crippen LogP contribution >= 0.6 is 0 Å². The van der Waals surface area contributed by atoms with Gasteiger partial charge in [0.1, 0.15) is 17.3 Å². The fraction of sp³-hybridized carbons (Fsp3) is 0.290. The Bertz CT molecular complexity index is 1700. The van der Waals surface area contributed by atoms with E-state index in [1.54, 1.807) is 52.0 Å². The summed E-state index contributed by atoms with van der Waals surface area (Å²) in [6, 6.07) is 18.2. The third kappa shape index (κ3) is 6.67. The maximum absolute atomic E-state index is 13.5. The van der Waals surface area contributed by atoms with Crippen LogP contribution in [0.25, 0.3) is 23.0 Å². The van der Waals surface area contributed by atoms with Crippen LogP contribution in [0.15, 0.2) is 90.0 Å². The number of sulfonamides is 1. The van der Waals surface area contributed by atoms with Crippen molar-refractivity contribution in [2.24, 2.45) is 5.92 Å². The topological polar surface area (TPSA) is 126 Å². The number of nitriles is 1. The first-order valence-corrected chi connectivity index (χ1v) is 15.4. The van der Waals surface area contributed by atoms with Gasteiger partial charge >= 0.3 is 0 Å². The summed E-state index contributed by atoms with van der Waals surface area (Å²) in [7, 11) is -3.68. The molecule has 216 valence electrons. The number of para-hydroxylation sites is 1. The molecule has 2 aromatic heterocycles. The zero-order chi connectivity index (χ0) is 29.5. The van der Waals surface area contributed by atoms with Gasteiger partial charge in [-0.3, -0.25) is 4.79 Å². The average Bonchev–Trinajstić information content (AvgIpc) is 3.69. The van der Waals surface area contributed by atoms with Gasteiger partial charge in [-0.1, -0.05) is 37.3 Å². The lowest BCUT2D eigenvalue weighted by Crippen LogP contribution is -2.37. The van der Waals surface area contributed by atoms with E-state index in [9.17, 15) is 18.5 Å². The monoisotopic (exact) mass is 583 g/mol. The molecule has 0 spiro atoms. The second-order valence-electron chi connectivity index (χ2n) is 10.4. The van der Waals surface area contributed by atoms with Gasteiger partial charge in [0.15, 0.2) is 0 Å². The van der Waals surface area contributed by atoms with E-state index in [-0.39, 0.29) is 10.5 Å². The van der Waals surface area contributed by atoms with Crippen molar-refractivity contribution in [1.82, 2.24) is 29.0 Å². The number of rotatable bonds is 10. The highest BCUT2D eigenvalue weighted by molar-refractivity contribution is 7.89. The molecule has 0 aliphatic carbocycles. The van der Waals surface area contributed by atoms with Crippen molar-refractivity contribution >= 4 is 22.0 Å². The lowest BCUT2D eigenvalue weighted by molar-refractivity contribution is -0.117. The fourth-order valence-electron chi connectivity index (χ4n) is 4.89. The minimum Gasteiger partial charge on any atom is -0.351 e. The molecular formula is C31H33N7O3S. The summed E-state index contributed by atoms with van der Waals surface area (Å²) in [5, 5.41) is 17.4. The van der Waals surface area contributed by atoms with Crippen LogP contribution < -0.4 is 5.32 Å². The average molecular weight is 584 g/mol. The van der Waals surface area contributed by atoms with Crippen molar-refractivity contribution in [1.29, 1.82) is 5.26 Å². The Labute approximate surface area is 246 Å². The number of hydrogen-bond donors (Lipinski definition) is 1. The number of imidazole rings is 1. The zero-order valence-electron chi connectivity index (χ0n) is 23.4. The fourth-order valence-corrected chi connectivity index (χ4v) is 6.41. The molecule has 10 nitrogen and oxygen atoms in total. The van der Waals surface area contributed by atoms with Crippen LogP contribution in [0.5, 0.6) is 0 Å². The summed E-state index contributed by atoms with van der Waals surface area (Å²) in [6.07, 6.45) is 10.8. The molecule has 1 fully saturated rings. The number of benzene rings is 2. The number of aryl methyl sites for hydroxylation is 1. The van der Waals surface area contributed by atoms with Crippen LogP contribution in [-0.2, 0) is 21.4 Å².